The SMILES string of the molecule is CCOc1ccc2c(c1F)C(F)(F)C(F)(F)c1c-2ccc(CC/C(O)=C/CC(C)CC)c1F. The van der Waals surface area contributed by atoms with Crippen LogP contribution in [0.5, 0.6) is 5.75 Å². The van der Waals surface area contributed by atoms with Crippen LogP contribution in [0.2, 0.25) is 0 Å². The third-order valence-electron chi connectivity index (χ3n) is 6.04. The summed E-state index contributed by atoms with van der Waals surface area (Å²) in [4.78, 5) is 0. The van der Waals surface area contributed by atoms with Crippen molar-refractivity contribution in [3.8, 4) is 16.9 Å². The molecule has 8 heteroatoms. The second-order valence-corrected chi connectivity index (χ2v) is 8.29. The van der Waals surface area contributed by atoms with Crippen LogP contribution in [-0.4, -0.2) is 11.7 Å². The molecule has 1 aliphatic rings. The van der Waals surface area contributed by atoms with Gasteiger partial charge in [0.15, 0.2) is 11.6 Å². The first-order chi connectivity index (χ1) is 15.5. The molecule has 0 aromatic heterocycles. The lowest BCUT2D eigenvalue weighted by Gasteiger charge is -2.35. The Balaban J connectivity index is 2.05. The third-order valence-corrected chi connectivity index (χ3v) is 6.04. The van der Waals surface area contributed by atoms with Crippen molar-refractivity contribution < 1.29 is 36.2 Å². The highest BCUT2D eigenvalue weighted by Gasteiger charge is 2.65. The number of aliphatic hydroxyl groups is 1. The molecule has 1 aliphatic carbocycles. The number of allylic oxidation sites excluding steroid dienone is 2. The van der Waals surface area contributed by atoms with Crippen LogP contribution >= 0.6 is 0 Å². The molecule has 0 aliphatic heterocycles. The molecule has 1 unspecified atom stereocenters. The molecule has 33 heavy (non-hydrogen) atoms. The summed E-state index contributed by atoms with van der Waals surface area (Å²) < 4.78 is 94.6. The van der Waals surface area contributed by atoms with Crippen LogP contribution in [0.1, 0.15) is 56.7 Å². The van der Waals surface area contributed by atoms with Gasteiger partial charge in [-0.15, -0.1) is 0 Å². The molecule has 0 bridgehead atoms. The number of benzene rings is 2. The van der Waals surface area contributed by atoms with E-state index < -0.39 is 51.5 Å². The number of alkyl halides is 4. The number of aryl methyl sites for hydroxylation is 1. The fraction of sp³-hybridized carbons (Fsp3) is 0.440. The Bertz CT molecular complexity index is 1060. The summed E-state index contributed by atoms with van der Waals surface area (Å²) in [6, 6.07) is 4.39. The van der Waals surface area contributed by atoms with E-state index in [4.69, 9.17) is 4.74 Å². The maximum absolute atomic E-state index is 15.2. The molecule has 1 atom stereocenters. The van der Waals surface area contributed by atoms with E-state index in [0.717, 1.165) is 24.6 Å². The lowest BCUT2D eigenvalue weighted by molar-refractivity contribution is -0.228. The molecule has 3 rings (SSSR count). The zero-order valence-electron chi connectivity index (χ0n) is 18.6. The summed E-state index contributed by atoms with van der Waals surface area (Å²) in [5, 5.41) is 10.0. The maximum atomic E-state index is 15.2. The monoisotopic (exact) mass is 472 g/mol. The first-order valence-electron chi connectivity index (χ1n) is 10.9. The summed E-state index contributed by atoms with van der Waals surface area (Å²) >= 11 is 0. The van der Waals surface area contributed by atoms with Gasteiger partial charge in [-0.1, -0.05) is 32.4 Å². The highest BCUT2D eigenvalue weighted by Crippen LogP contribution is 2.60. The van der Waals surface area contributed by atoms with Gasteiger partial charge in [-0.25, -0.2) is 8.78 Å². The first kappa shape index (κ1) is 25.0. The molecule has 2 nitrogen and oxygen atoms in total. The fourth-order valence-electron chi connectivity index (χ4n) is 3.88. The molecule has 0 spiro atoms. The molecule has 2 aromatic carbocycles. The molecule has 1 N–H and O–H groups in total. The van der Waals surface area contributed by atoms with Gasteiger partial charge in [-0.3, -0.25) is 0 Å². The van der Waals surface area contributed by atoms with Crippen molar-refractivity contribution in [1.29, 1.82) is 0 Å². The van der Waals surface area contributed by atoms with Crippen LogP contribution in [0.15, 0.2) is 36.1 Å². The van der Waals surface area contributed by atoms with E-state index in [1.54, 1.807) is 6.08 Å². The standard InChI is InChI=1S/C25H26F6O2/c1-4-14(3)6-9-16(32)10-7-15-8-11-17-18-12-13-19(33-5-2)23(27)21(18)25(30,31)24(28,29)20(17)22(15)26/h8-9,11-14,32H,4-7,10H2,1-3H3/b16-9-. The Kier molecular flexibility index (Phi) is 7.05. The van der Waals surface area contributed by atoms with Crippen LogP contribution in [0.3, 0.4) is 0 Å². The van der Waals surface area contributed by atoms with Gasteiger partial charge in [0.2, 0.25) is 0 Å². The van der Waals surface area contributed by atoms with Gasteiger partial charge in [-0.2, -0.15) is 17.6 Å². The topological polar surface area (TPSA) is 29.5 Å². The number of fused-ring (bicyclic) bond motifs is 3. The van der Waals surface area contributed by atoms with Crippen molar-refractivity contribution in [2.24, 2.45) is 5.92 Å². The molecular formula is C25H26F6O2. The smallest absolute Gasteiger partial charge is 0.343 e. The fourth-order valence-corrected chi connectivity index (χ4v) is 3.88. The second kappa shape index (κ2) is 9.31. The van der Waals surface area contributed by atoms with E-state index in [1.807, 2.05) is 13.8 Å². The van der Waals surface area contributed by atoms with E-state index in [-0.39, 0.29) is 30.8 Å². The Hall–Kier alpha value is -2.64. The highest BCUT2D eigenvalue weighted by atomic mass is 19.3. The van der Waals surface area contributed by atoms with Crippen molar-refractivity contribution in [3.05, 3.63) is 64.4 Å². The predicted octanol–water partition coefficient (Wildman–Crippen LogP) is 8.04. The van der Waals surface area contributed by atoms with Gasteiger partial charge in [0.25, 0.3) is 0 Å². The van der Waals surface area contributed by atoms with E-state index >= 15 is 4.39 Å². The van der Waals surface area contributed by atoms with Gasteiger partial charge in [0, 0.05) is 6.42 Å². The first-order valence-corrected chi connectivity index (χ1v) is 10.9. The third kappa shape index (κ3) is 4.32. The Morgan fingerprint density at radius 2 is 1.55 bits per heavy atom. The number of rotatable bonds is 8. The minimum Gasteiger partial charge on any atom is -0.513 e. The summed E-state index contributed by atoms with van der Waals surface area (Å²) in [6.45, 7) is 5.43. The Morgan fingerprint density at radius 3 is 2.12 bits per heavy atom. The van der Waals surface area contributed by atoms with Crippen molar-refractivity contribution >= 4 is 0 Å². The maximum Gasteiger partial charge on any atom is 0.343 e. The molecule has 0 fully saturated rings. The van der Waals surface area contributed by atoms with Crippen molar-refractivity contribution in [1.82, 2.24) is 0 Å². The van der Waals surface area contributed by atoms with Gasteiger partial charge in [0.05, 0.1) is 23.5 Å². The number of ether oxygens (including phenoxy) is 1. The average Bonchev–Trinajstić information content (AvgIpc) is 2.76. The van der Waals surface area contributed by atoms with E-state index in [1.165, 1.54) is 13.0 Å². The molecule has 180 valence electrons. The summed E-state index contributed by atoms with van der Waals surface area (Å²) in [5.41, 5.74) is -4.22. The number of hydrogen-bond acceptors (Lipinski definition) is 2. The van der Waals surface area contributed by atoms with E-state index in [0.29, 0.717) is 12.3 Å². The van der Waals surface area contributed by atoms with Crippen molar-refractivity contribution in [3.63, 3.8) is 0 Å². The summed E-state index contributed by atoms with van der Waals surface area (Å²) in [6.07, 6.45) is 2.90. The second-order valence-electron chi connectivity index (χ2n) is 8.29. The molecule has 2 aromatic rings. The van der Waals surface area contributed by atoms with E-state index in [9.17, 15) is 27.1 Å². The zero-order valence-corrected chi connectivity index (χ0v) is 18.6. The number of hydrogen-bond donors (Lipinski definition) is 1. The van der Waals surface area contributed by atoms with Crippen LogP contribution in [-0.2, 0) is 18.3 Å². The molecule has 0 heterocycles. The lowest BCUT2D eigenvalue weighted by atomic mass is 9.78. The van der Waals surface area contributed by atoms with Crippen LogP contribution in [0.4, 0.5) is 26.3 Å². The van der Waals surface area contributed by atoms with Crippen LogP contribution in [0, 0.1) is 17.6 Å². The average molecular weight is 472 g/mol. The predicted molar refractivity (Wildman–Crippen MR) is 114 cm³/mol. The number of halogens is 6. The Morgan fingerprint density at radius 1 is 0.970 bits per heavy atom. The highest BCUT2D eigenvalue weighted by molar-refractivity contribution is 5.77. The van der Waals surface area contributed by atoms with Gasteiger partial charge >= 0.3 is 11.8 Å². The molecule has 0 radical (unpaired) electrons. The summed E-state index contributed by atoms with van der Waals surface area (Å²) in [5.74, 6) is -13.3. The Labute approximate surface area is 188 Å². The van der Waals surface area contributed by atoms with Gasteiger partial charge in [-0.05, 0) is 60.6 Å². The quantitative estimate of drug-likeness (QED) is 0.311. The van der Waals surface area contributed by atoms with Gasteiger partial charge < -0.3 is 9.84 Å². The normalized spacial score (nSPS) is 17.3. The van der Waals surface area contributed by atoms with Crippen molar-refractivity contribution in [2.45, 2.75) is 58.3 Å². The zero-order chi connectivity index (χ0) is 24.6. The van der Waals surface area contributed by atoms with Crippen LogP contribution in [0.25, 0.3) is 11.1 Å². The number of aliphatic hydroxyl groups excluding tert-OH is 1. The molecule has 0 saturated carbocycles. The molecule has 0 saturated heterocycles. The molecular weight excluding hydrogens is 446 g/mol. The minimum atomic E-state index is -5.00. The van der Waals surface area contributed by atoms with Gasteiger partial charge in [0.1, 0.15) is 5.82 Å². The van der Waals surface area contributed by atoms with Crippen LogP contribution < -0.4 is 4.74 Å². The summed E-state index contributed by atoms with van der Waals surface area (Å²) in [7, 11) is 0. The van der Waals surface area contributed by atoms with Crippen molar-refractivity contribution in [2.75, 3.05) is 6.61 Å². The lowest BCUT2D eigenvalue weighted by Crippen LogP contribution is -2.41. The van der Waals surface area contributed by atoms with E-state index in [2.05, 4.69) is 0 Å². The minimum absolute atomic E-state index is 0.0274. The molecule has 0 amide bonds. The largest absolute Gasteiger partial charge is 0.513 e.